The van der Waals surface area contributed by atoms with Crippen molar-refractivity contribution in [3.8, 4) is 0 Å². The summed E-state index contributed by atoms with van der Waals surface area (Å²) in [6.07, 6.45) is 5.61. The maximum Gasteiger partial charge on any atom is 0.154 e. The fourth-order valence-corrected chi connectivity index (χ4v) is 2.17. The molecule has 0 amide bonds. The van der Waals surface area contributed by atoms with Crippen LogP contribution in [-0.2, 0) is 0 Å². The third-order valence-electron chi connectivity index (χ3n) is 2.89. The lowest BCUT2D eigenvalue weighted by molar-refractivity contribution is 0.173. The molecule has 0 N–H and O–H groups in total. The van der Waals surface area contributed by atoms with Crippen LogP contribution >= 0.6 is 11.6 Å². The van der Waals surface area contributed by atoms with Gasteiger partial charge in [-0.1, -0.05) is 11.6 Å². The van der Waals surface area contributed by atoms with Gasteiger partial charge in [-0.15, -0.1) is 0 Å². The number of hydrogen-bond donors (Lipinski definition) is 0. The Balaban J connectivity index is 2.09. The minimum Gasteiger partial charge on any atom is -0.299 e. The average Bonchev–Trinajstić information content (AvgIpc) is 2.58. The van der Waals surface area contributed by atoms with Gasteiger partial charge < -0.3 is 0 Å². The van der Waals surface area contributed by atoms with E-state index < -0.39 is 6.17 Å². The van der Waals surface area contributed by atoms with Crippen LogP contribution in [0, 0.1) is 0 Å². The Hall–Kier alpha value is -1.16. The molecule has 1 aliphatic rings. The molecule has 3 rings (SSSR count). The summed E-state index contributed by atoms with van der Waals surface area (Å²) < 4.78 is 14.7. The number of fused-ring (bicyclic) bond motifs is 1. The Bertz CT molecular complexity index is 504. The van der Waals surface area contributed by atoms with Crippen molar-refractivity contribution in [1.82, 2.24) is 14.4 Å². The van der Waals surface area contributed by atoms with E-state index in [-0.39, 0.29) is 5.92 Å². The van der Waals surface area contributed by atoms with E-state index in [0.717, 1.165) is 11.3 Å². The molecule has 0 aromatic carbocycles. The van der Waals surface area contributed by atoms with Crippen LogP contribution in [-0.4, -0.2) is 20.5 Å². The number of alkyl halides is 1. The third kappa shape index (κ3) is 1.32. The molecule has 78 valence electrons. The smallest absolute Gasteiger partial charge is 0.154 e. The Morgan fingerprint density at radius 2 is 2.20 bits per heavy atom. The van der Waals surface area contributed by atoms with Gasteiger partial charge in [0.15, 0.2) is 5.15 Å². The molecule has 0 radical (unpaired) electrons. The predicted octanol–water partition coefficient (Wildman–Crippen LogP) is 2.60. The van der Waals surface area contributed by atoms with Crippen molar-refractivity contribution < 1.29 is 4.39 Å². The number of halogens is 2. The summed E-state index contributed by atoms with van der Waals surface area (Å²) in [6.45, 7) is 0. The first-order chi connectivity index (χ1) is 7.25. The molecule has 0 unspecified atom stereocenters. The third-order valence-corrected chi connectivity index (χ3v) is 3.18. The van der Waals surface area contributed by atoms with Crippen LogP contribution in [0.3, 0.4) is 0 Å². The van der Waals surface area contributed by atoms with Gasteiger partial charge >= 0.3 is 0 Å². The normalized spacial score (nSPS) is 25.5. The maximum atomic E-state index is 12.8. The molecular formula is C10H9ClFN3. The summed E-state index contributed by atoms with van der Waals surface area (Å²) in [5.74, 6) is 1.11. The van der Waals surface area contributed by atoms with Gasteiger partial charge in [-0.05, 0) is 12.8 Å². The molecule has 5 heteroatoms. The van der Waals surface area contributed by atoms with E-state index in [9.17, 15) is 4.39 Å². The Morgan fingerprint density at radius 1 is 1.40 bits per heavy atom. The minimum atomic E-state index is -0.667. The molecule has 0 aliphatic heterocycles. The molecule has 2 aromatic rings. The topological polar surface area (TPSA) is 30.2 Å². The highest BCUT2D eigenvalue weighted by Gasteiger charge is 2.33. The summed E-state index contributed by atoms with van der Waals surface area (Å²) in [5.41, 5.74) is 0.788. The minimum absolute atomic E-state index is 0.223. The molecule has 0 atom stereocenters. The van der Waals surface area contributed by atoms with E-state index in [1.165, 1.54) is 0 Å². The van der Waals surface area contributed by atoms with Crippen molar-refractivity contribution in [2.75, 3.05) is 0 Å². The van der Waals surface area contributed by atoms with Crippen molar-refractivity contribution in [2.24, 2.45) is 0 Å². The second-order valence-corrected chi connectivity index (χ2v) is 4.21. The first kappa shape index (κ1) is 9.09. The first-order valence-electron chi connectivity index (χ1n) is 4.87. The number of nitrogens with zero attached hydrogens (tertiary/aromatic N) is 3. The largest absolute Gasteiger partial charge is 0.299 e. The molecule has 0 bridgehead atoms. The summed E-state index contributed by atoms with van der Waals surface area (Å²) in [7, 11) is 0. The second-order valence-electron chi connectivity index (χ2n) is 3.86. The van der Waals surface area contributed by atoms with Crippen molar-refractivity contribution in [3.63, 3.8) is 0 Å². The van der Waals surface area contributed by atoms with E-state index in [0.29, 0.717) is 18.0 Å². The van der Waals surface area contributed by atoms with Gasteiger partial charge in [0, 0.05) is 18.3 Å². The summed E-state index contributed by atoms with van der Waals surface area (Å²) in [5, 5.41) is 0.437. The lowest BCUT2D eigenvalue weighted by Gasteiger charge is -2.28. The Kier molecular flexibility index (Phi) is 1.92. The van der Waals surface area contributed by atoms with Crippen LogP contribution in [0.15, 0.2) is 18.6 Å². The standard InChI is InChI=1S/C10H9ClFN3/c11-9-8-5-14-10(6-3-7(12)4-6)15(8)2-1-13-9/h1-2,5-7H,3-4H2. The fraction of sp³-hybridized carbons (Fsp3) is 0.400. The zero-order valence-corrected chi connectivity index (χ0v) is 8.65. The van der Waals surface area contributed by atoms with E-state index in [1.54, 1.807) is 12.4 Å². The van der Waals surface area contributed by atoms with Gasteiger partial charge in [0.1, 0.15) is 17.5 Å². The molecule has 0 spiro atoms. The van der Waals surface area contributed by atoms with Gasteiger partial charge in [-0.2, -0.15) is 0 Å². The molecule has 0 saturated heterocycles. The van der Waals surface area contributed by atoms with Crippen molar-refractivity contribution in [3.05, 3.63) is 29.6 Å². The van der Waals surface area contributed by atoms with E-state index in [1.807, 2.05) is 10.6 Å². The van der Waals surface area contributed by atoms with E-state index in [2.05, 4.69) is 9.97 Å². The Labute approximate surface area is 90.9 Å². The lowest BCUT2D eigenvalue weighted by Crippen LogP contribution is -2.24. The molecule has 3 nitrogen and oxygen atoms in total. The van der Waals surface area contributed by atoms with Crippen molar-refractivity contribution in [2.45, 2.75) is 24.9 Å². The number of rotatable bonds is 1. The zero-order valence-electron chi connectivity index (χ0n) is 7.90. The average molecular weight is 226 g/mol. The van der Waals surface area contributed by atoms with Gasteiger partial charge in [-0.3, -0.25) is 4.40 Å². The molecule has 2 aromatic heterocycles. The van der Waals surface area contributed by atoms with Gasteiger partial charge in [0.2, 0.25) is 0 Å². The SMILES string of the molecule is FC1CC(c2ncc3c(Cl)nccn23)C1. The second kappa shape index (κ2) is 3.17. The van der Waals surface area contributed by atoms with E-state index in [4.69, 9.17) is 11.6 Å². The predicted molar refractivity (Wildman–Crippen MR) is 54.9 cm³/mol. The maximum absolute atomic E-state index is 12.8. The van der Waals surface area contributed by atoms with Crippen LogP contribution in [0.2, 0.25) is 5.15 Å². The number of hydrogen-bond acceptors (Lipinski definition) is 2. The van der Waals surface area contributed by atoms with Crippen LogP contribution in [0.5, 0.6) is 0 Å². The van der Waals surface area contributed by atoms with Crippen molar-refractivity contribution in [1.29, 1.82) is 0 Å². The highest BCUT2D eigenvalue weighted by atomic mass is 35.5. The molecular weight excluding hydrogens is 217 g/mol. The van der Waals surface area contributed by atoms with Gasteiger partial charge in [0.25, 0.3) is 0 Å². The monoisotopic (exact) mass is 225 g/mol. The Morgan fingerprint density at radius 3 is 2.93 bits per heavy atom. The molecule has 1 aliphatic carbocycles. The van der Waals surface area contributed by atoms with Gasteiger partial charge in [0.05, 0.1) is 6.20 Å². The van der Waals surface area contributed by atoms with E-state index >= 15 is 0 Å². The highest BCUT2D eigenvalue weighted by Crippen LogP contribution is 2.38. The lowest BCUT2D eigenvalue weighted by atomic mass is 9.83. The first-order valence-corrected chi connectivity index (χ1v) is 5.25. The van der Waals surface area contributed by atoms with Crippen LogP contribution in [0.4, 0.5) is 4.39 Å². The summed E-state index contributed by atoms with van der Waals surface area (Å²) in [4.78, 5) is 8.25. The molecule has 15 heavy (non-hydrogen) atoms. The highest BCUT2D eigenvalue weighted by molar-refractivity contribution is 6.32. The molecule has 1 fully saturated rings. The zero-order chi connectivity index (χ0) is 10.4. The van der Waals surface area contributed by atoms with Crippen LogP contribution < -0.4 is 0 Å². The fourth-order valence-electron chi connectivity index (χ4n) is 1.98. The molecule has 1 saturated carbocycles. The van der Waals surface area contributed by atoms with Crippen LogP contribution in [0.1, 0.15) is 24.6 Å². The summed E-state index contributed by atoms with van der Waals surface area (Å²) >= 11 is 5.92. The summed E-state index contributed by atoms with van der Waals surface area (Å²) in [6, 6.07) is 0. The number of aromatic nitrogens is 3. The quantitative estimate of drug-likeness (QED) is 0.747. The molecule has 2 heterocycles. The van der Waals surface area contributed by atoms with Gasteiger partial charge in [-0.25, -0.2) is 14.4 Å². The van der Waals surface area contributed by atoms with Crippen molar-refractivity contribution >= 4 is 17.1 Å². The number of imidazole rings is 1. The van der Waals surface area contributed by atoms with Crippen LogP contribution in [0.25, 0.3) is 5.52 Å².